The predicted molar refractivity (Wildman–Crippen MR) is 65.2 cm³/mol. The van der Waals surface area contributed by atoms with Gasteiger partial charge in [-0.05, 0) is 24.5 Å². The van der Waals surface area contributed by atoms with Gasteiger partial charge in [0.05, 0.1) is 0 Å². The molecule has 0 aliphatic carbocycles. The quantitative estimate of drug-likeness (QED) is 0.552. The molecule has 0 unspecified atom stereocenters. The monoisotopic (exact) mass is 229 g/mol. The summed E-state index contributed by atoms with van der Waals surface area (Å²) in [6.07, 6.45) is 8.85. The van der Waals surface area contributed by atoms with E-state index in [1.807, 2.05) is 18.2 Å². The summed E-state index contributed by atoms with van der Waals surface area (Å²) in [5, 5.41) is 9.55. The fourth-order valence-corrected chi connectivity index (χ4v) is 1.82. The van der Waals surface area contributed by atoms with Crippen molar-refractivity contribution in [2.75, 3.05) is 0 Å². The number of benzene rings is 1. The van der Waals surface area contributed by atoms with E-state index in [1.54, 1.807) is 6.07 Å². The fraction of sp³-hybridized carbons (Fsp3) is 0.571. The molecule has 0 saturated carbocycles. The Bertz CT molecular complexity index is 273. The van der Waals surface area contributed by atoms with Gasteiger partial charge in [0.25, 0.3) is 0 Å². The van der Waals surface area contributed by atoms with Gasteiger partial charge in [-0.15, -0.1) is 0 Å². The summed E-state index contributed by atoms with van der Waals surface area (Å²) in [6, 6.07) is 7.65. The van der Waals surface area contributed by atoms with E-state index < -0.39 is 0 Å². The van der Waals surface area contributed by atoms with Crippen LogP contribution in [0.5, 0.6) is 5.75 Å². The van der Waals surface area contributed by atoms with Crippen LogP contribution in [0.3, 0.4) is 0 Å². The molecule has 0 amide bonds. The normalized spacial score (nSPS) is 9.81. The first-order valence-electron chi connectivity index (χ1n) is 6.11. The molecule has 1 aromatic rings. The SMILES string of the molecule is CCCCCCCCc1ccccc1O.[Na+]. The smallest absolute Gasteiger partial charge is 0.508 e. The molecule has 2 heteroatoms. The van der Waals surface area contributed by atoms with E-state index >= 15 is 0 Å². The average Bonchev–Trinajstić information content (AvgIpc) is 2.25. The fourth-order valence-electron chi connectivity index (χ4n) is 1.82. The minimum atomic E-state index is 0. The molecule has 0 fully saturated rings. The second-order valence-corrected chi connectivity index (χ2v) is 4.15. The number of hydrogen-bond donors (Lipinski definition) is 1. The summed E-state index contributed by atoms with van der Waals surface area (Å²) in [5.41, 5.74) is 1.09. The second kappa shape index (κ2) is 10.2. The van der Waals surface area contributed by atoms with Gasteiger partial charge in [-0.1, -0.05) is 57.2 Å². The van der Waals surface area contributed by atoms with Crippen LogP contribution in [-0.2, 0) is 6.42 Å². The van der Waals surface area contributed by atoms with E-state index in [4.69, 9.17) is 0 Å². The Morgan fingerprint density at radius 3 is 2.25 bits per heavy atom. The van der Waals surface area contributed by atoms with Crippen molar-refractivity contribution in [3.05, 3.63) is 29.8 Å². The van der Waals surface area contributed by atoms with Crippen LogP contribution < -0.4 is 29.6 Å². The first kappa shape index (κ1) is 16.0. The Hall–Kier alpha value is 0.0200. The molecule has 84 valence electrons. The van der Waals surface area contributed by atoms with Crippen molar-refractivity contribution in [2.45, 2.75) is 51.9 Å². The zero-order valence-electron chi connectivity index (χ0n) is 10.7. The summed E-state index contributed by atoms with van der Waals surface area (Å²) >= 11 is 0. The van der Waals surface area contributed by atoms with Crippen molar-refractivity contribution < 1.29 is 34.7 Å². The minimum Gasteiger partial charge on any atom is -0.508 e. The number of aryl methyl sites for hydroxylation is 1. The third-order valence-corrected chi connectivity index (χ3v) is 2.79. The maximum atomic E-state index is 9.55. The first-order valence-corrected chi connectivity index (χ1v) is 6.11. The van der Waals surface area contributed by atoms with Gasteiger partial charge in [0.2, 0.25) is 0 Å². The van der Waals surface area contributed by atoms with Gasteiger partial charge in [0.15, 0.2) is 0 Å². The molecule has 0 aliphatic rings. The zero-order chi connectivity index (χ0) is 10.9. The van der Waals surface area contributed by atoms with Gasteiger partial charge in [-0.3, -0.25) is 0 Å². The molecule has 0 aromatic heterocycles. The summed E-state index contributed by atoms with van der Waals surface area (Å²) in [6.45, 7) is 2.24. The topological polar surface area (TPSA) is 20.2 Å². The minimum absolute atomic E-state index is 0. The number of hydrogen-bond acceptors (Lipinski definition) is 1. The Labute approximate surface area is 122 Å². The Balaban J connectivity index is 0.00000225. The number of unbranched alkanes of at least 4 members (excludes halogenated alkanes) is 5. The molecule has 0 aliphatic heterocycles. The standard InChI is InChI=1S/C14H22O.Na/c1-2-3-4-5-6-7-10-13-11-8-9-12-14(13)15;/h8-9,11-12,15H,2-7,10H2,1H3;/q;+1. The van der Waals surface area contributed by atoms with Crippen molar-refractivity contribution >= 4 is 0 Å². The molecule has 0 heterocycles. The number of para-hydroxylation sites is 1. The molecule has 1 aromatic carbocycles. The third kappa shape index (κ3) is 6.57. The van der Waals surface area contributed by atoms with Gasteiger partial charge >= 0.3 is 29.6 Å². The predicted octanol–water partition coefficient (Wildman–Crippen LogP) is 1.30. The van der Waals surface area contributed by atoms with Gasteiger partial charge in [0, 0.05) is 0 Å². The summed E-state index contributed by atoms with van der Waals surface area (Å²) in [4.78, 5) is 0. The summed E-state index contributed by atoms with van der Waals surface area (Å²) in [7, 11) is 0. The van der Waals surface area contributed by atoms with Crippen molar-refractivity contribution in [2.24, 2.45) is 0 Å². The van der Waals surface area contributed by atoms with E-state index in [0.717, 1.165) is 12.0 Å². The largest absolute Gasteiger partial charge is 1.00 e. The Kier molecular flexibility index (Phi) is 10.2. The number of aromatic hydroxyl groups is 1. The van der Waals surface area contributed by atoms with Crippen LogP contribution >= 0.6 is 0 Å². The second-order valence-electron chi connectivity index (χ2n) is 4.15. The van der Waals surface area contributed by atoms with Crippen molar-refractivity contribution in [3.63, 3.8) is 0 Å². The molecule has 1 rings (SSSR count). The molecule has 0 bridgehead atoms. The third-order valence-electron chi connectivity index (χ3n) is 2.79. The van der Waals surface area contributed by atoms with E-state index in [-0.39, 0.29) is 29.6 Å². The number of phenols is 1. The van der Waals surface area contributed by atoms with Crippen molar-refractivity contribution in [1.82, 2.24) is 0 Å². The van der Waals surface area contributed by atoms with Crippen LogP contribution in [-0.4, -0.2) is 5.11 Å². The average molecular weight is 229 g/mol. The first-order chi connectivity index (χ1) is 7.34. The van der Waals surface area contributed by atoms with Crippen LogP contribution in [0.25, 0.3) is 0 Å². The van der Waals surface area contributed by atoms with Crippen LogP contribution in [0.1, 0.15) is 51.0 Å². The number of rotatable bonds is 7. The molecule has 0 spiro atoms. The zero-order valence-corrected chi connectivity index (χ0v) is 12.7. The van der Waals surface area contributed by atoms with Crippen molar-refractivity contribution in [3.8, 4) is 5.75 Å². The molecule has 1 nitrogen and oxygen atoms in total. The molecule has 0 saturated heterocycles. The van der Waals surface area contributed by atoms with Gasteiger partial charge in [-0.2, -0.15) is 0 Å². The van der Waals surface area contributed by atoms with E-state index in [0.29, 0.717) is 5.75 Å². The van der Waals surface area contributed by atoms with E-state index in [2.05, 4.69) is 6.92 Å². The van der Waals surface area contributed by atoms with Crippen molar-refractivity contribution in [1.29, 1.82) is 0 Å². The molecular weight excluding hydrogens is 207 g/mol. The summed E-state index contributed by atoms with van der Waals surface area (Å²) < 4.78 is 0. The van der Waals surface area contributed by atoms with Gasteiger partial charge < -0.3 is 5.11 Å². The summed E-state index contributed by atoms with van der Waals surface area (Å²) in [5.74, 6) is 0.450. The van der Waals surface area contributed by atoms with Crippen LogP contribution in [0.15, 0.2) is 24.3 Å². The molecule has 0 atom stereocenters. The van der Waals surface area contributed by atoms with E-state index in [1.165, 1.54) is 38.5 Å². The maximum Gasteiger partial charge on any atom is 1.00 e. The van der Waals surface area contributed by atoms with Crippen LogP contribution in [0.2, 0.25) is 0 Å². The molecular formula is C14H22NaO+. The van der Waals surface area contributed by atoms with Gasteiger partial charge in [0.1, 0.15) is 5.75 Å². The molecule has 16 heavy (non-hydrogen) atoms. The Morgan fingerprint density at radius 2 is 1.56 bits per heavy atom. The van der Waals surface area contributed by atoms with Gasteiger partial charge in [-0.25, -0.2) is 0 Å². The molecule has 0 radical (unpaired) electrons. The van der Waals surface area contributed by atoms with Crippen LogP contribution in [0.4, 0.5) is 0 Å². The van der Waals surface area contributed by atoms with E-state index in [9.17, 15) is 5.11 Å². The maximum absolute atomic E-state index is 9.55. The number of phenolic OH excluding ortho intramolecular Hbond substituents is 1. The Morgan fingerprint density at radius 1 is 0.938 bits per heavy atom. The molecule has 1 N–H and O–H groups in total. The van der Waals surface area contributed by atoms with Crippen LogP contribution in [0, 0.1) is 0 Å².